The van der Waals surface area contributed by atoms with E-state index in [1.807, 2.05) is 0 Å². The van der Waals surface area contributed by atoms with Gasteiger partial charge in [-0.25, -0.2) is 0 Å². The van der Waals surface area contributed by atoms with Crippen LogP contribution in [0.15, 0.2) is 42.5 Å². The fourth-order valence-corrected chi connectivity index (χ4v) is 4.53. The summed E-state index contributed by atoms with van der Waals surface area (Å²) < 4.78 is 89.3. The molecule has 1 heterocycles. The summed E-state index contributed by atoms with van der Waals surface area (Å²) in [6, 6.07) is 6.17. The first-order chi connectivity index (χ1) is 15.8. The maximum absolute atomic E-state index is 14.3. The van der Waals surface area contributed by atoms with Crippen LogP contribution in [0.25, 0.3) is 5.57 Å². The number of carbonyl (C=O) groups is 1. The molecule has 1 fully saturated rings. The molecule has 0 radical (unpaired) electrons. The lowest BCUT2D eigenvalue weighted by Crippen LogP contribution is -2.46. The summed E-state index contributed by atoms with van der Waals surface area (Å²) in [5.41, 5.74) is -5.06. The molecule has 1 amide bonds. The minimum absolute atomic E-state index is 0.0499. The Morgan fingerprint density at radius 3 is 2.21 bits per heavy atom. The van der Waals surface area contributed by atoms with Crippen molar-refractivity contribution in [2.75, 3.05) is 0 Å². The summed E-state index contributed by atoms with van der Waals surface area (Å²) in [4.78, 5) is 12.1. The van der Waals surface area contributed by atoms with Gasteiger partial charge in [0.15, 0.2) is 0 Å². The summed E-state index contributed by atoms with van der Waals surface area (Å²) in [5.74, 6) is -1.13. The molecule has 34 heavy (non-hydrogen) atoms. The largest absolute Gasteiger partial charge is 0.472 e. The van der Waals surface area contributed by atoms with Crippen molar-refractivity contribution in [3.8, 4) is 5.75 Å². The smallest absolute Gasteiger partial charge is 0.432 e. The molecule has 0 saturated heterocycles. The summed E-state index contributed by atoms with van der Waals surface area (Å²) >= 11 is 11.8. The van der Waals surface area contributed by atoms with E-state index in [9.17, 15) is 31.1 Å². The van der Waals surface area contributed by atoms with Crippen LogP contribution >= 0.6 is 23.2 Å². The molecular formula is C23H17Cl2F6NO2. The molecule has 2 aromatic carbocycles. The molecule has 1 aliphatic carbocycles. The molecule has 11 heteroatoms. The van der Waals surface area contributed by atoms with Crippen LogP contribution in [0.3, 0.4) is 0 Å². The Hall–Kier alpha value is -2.39. The van der Waals surface area contributed by atoms with E-state index in [2.05, 4.69) is 5.32 Å². The third kappa shape index (κ3) is 4.73. The van der Waals surface area contributed by atoms with Gasteiger partial charge in [-0.05, 0) is 60.7 Å². The highest BCUT2D eigenvalue weighted by Crippen LogP contribution is 2.52. The number of rotatable bonds is 4. The van der Waals surface area contributed by atoms with Gasteiger partial charge < -0.3 is 10.1 Å². The van der Waals surface area contributed by atoms with Crippen molar-refractivity contribution in [2.24, 2.45) is 0 Å². The molecular weight excluding hydrogens is 507 g/mol. The molecule has 1 atom stereocenters. The van der Waals surface area contributed by atoms with E-state index in [1.165, 1.54) is 6.07 Å². The third-order valence-corrected chi connectivity index (χ3v) is 6.35. The summed E-state index contributed by atoms with van der Waals surface area (Å²) in [6.45, 7) is 0. The molecule has 1 aliphatic heterocycles. The second-order valence-electron chi connectivity index (χ2n) is 8.28. The van der Waals surface area contributed by atoms with Crippen molar-refractivity contribution >= 4 is 34.7 Å². The van der Waals surface area contributed by atoms with E-state index in [0.29, 0.717) is 18.9 Å². The topological polar surface area (TPSA) is 38.3 Å². The Labute approximate surface area is 200 Å². The van der Waals surface area contributed by atoms with Crippen molar-refractivity contribution in [1.82, 2.24) is 5.32 Å². The van der Waals surface area contributed by atoms with E-state index in [-0.39, 0.29) is 33.0 Å². The molecule has 3 nitrogen and oxygen atoms in total. The van der Waals surface area contributed by atoms with Crippen LogP contribution in [-0.2, 0) is 16.8 Å². The fourth-order valence-electron chi connectivity index (χ4n) is 4.00. The number of hydrogen-bond donors (Lipinski definition) is 1. The SMILES string of the molecule is O=C(/C=C(/c1ccc2c(c1)CC(c1cc(Cl)cc(Cl)c1)(C(F)(F)F)O2)C(F)(F)F)NC1CCC1. The van der Waals surface area contributed by atoms with Gasteiger partial charge in [0.05, 0.1) is 5.57 Å². The number of halogens is 8. The van der Waals surface area contributed by atoms with Crippen molar-refractivity contribution in [1.29, 1.82) is 0 Å². The van der Waals surface area contributed by atoms with Crippen molar-refractivity contribution < 1.29 is 35.9 Å². The van der Waals surface area contributed by atoms with Crippen LogP contribution in [0.5, 0.6) is 5.75 Å². The zero-order chi connectivity index (χ0) is 24.9. The number of alkyl halides is 6. The predicted octanol–water partition coefficient (Wildman–Crippen LogP) is 7.00. The Kier molecular flexibility index (Phi) is 6.31. The quantitative estimate of drug-likeness (QED) is 0.346. The number of hydrogen-bond acceptors (Lipinski definition) is 2. The van der Waals surface area contributed by atoms with Crippen LogP contribution in [0.1, 0.15) is 36.0 Å². The second kappa shape index (κ2) is 8.68. The third-order valence-electron chi connectivity index (χ3n) is 5.91. The van der Waals surface area contributed by atoms with Crippen LogP contribution in [-0.4, -0.2) is 24.3 Å². The van der Waals surface area contributed by atoms with Gasteiger partial charge in [0, 0.05) is 34.1 Å². The van der Waals surface area contributed by atoms with Crippen molar-refractivity contribution in [2.45, 2.75) is 49.7 Å². The van der Waals surface area contributed by atoms with Gasteiger partial charge in [-0.3, -0.25) is 4.79 Å². The molecule has 0 aromatic heterocycles. The maximum Gasteiger partial charge on any atom is 0.432 e. The van der Waals surface area contributed by atoms with E-state index in [1.54, 1.807) is 0 Å². The summed E-state index contributed by atoms with van der Waals surface area (Å²) in [5, 5.41) is 2.39. The van der Waals surface area contributed by atoms with Crippen LogP contribution in [0.2, 0.25) is 10.0 Å². The Morgan fingerprint density at radius 2 is 1.68 bits per heavy atom. The van der Waals surface area contributed by atoms with E-state index >= 15 is 0 Å². The molecule has 1 unspecified atom stereocenters. The van der Waals surface area contributed by atoms with E-state index in [4.69, 9.17) is 27.9 Å². The normalized spacial score (nSPS) is 21.0. The van der Waals surface area contributed by atoms with Gasteiger partial charge in [0.25, 0.3) is 0 Å². The highest BCUT2D eigenvalue weighted by atomic mass is 35.5. The average Bonchev–Trinajstić information content (AvgIpc) is 3.07. The van der Waals surface area contributed by atoms with Gasteiger partial charge in [-0.2, -0.15) is 26.3 Å². The fraction of sp³-hybridized carbons (Fsp3) is 0.348. The first-order valence-corrected chi connectivity index (χ1v) is 11.0. The Balaban J connectivity index is 1.72. The first kappa shape index (κ1) is 24.7. The molecule has 1 N–H and O–H groups in total. The Bertz CT molecular complexity index is 1140. The molecule has 2 aliphatic rings. The number of nitrogens with one attached hydrogen (secondary N) is 1. The number of ether oxygens (including phenoxy) is 1. The van der Waals surface area contributed by atoms with Gasteiger partial charge in [0.1, 0.15) is 5.75 Å². The lowest BCUT2D eigenvalue weighted by molar-refractivity contribution is -0.248. The minimum Gasteiger partial charge on any atom is -0.472 e. The number of amides is 1. The number of allylic oxidation sites excluding steroid dienone is 1. The number of fused-ring (bicyclic) bond motifs is 1. The predicted molar refractivity (Wildman–Crippen MR) is 115 cm³/mol. The molecule has 0 bridgehead atoms. The average molecular weight is 524 g/mol. The highest BCUT2D eigenvalue weighted by molar-refractivity contribution is 6.34. The number of benzene rings is 2. The summed E-state index contributed by atoms with van der Waals surface area (Å²) in [7, 11) is 0. The van der Waals surface area contributed by atoms with Crippen molar-refractivity contribution in [3.05, 3.63) is 69.2 Å². The molecule has 2 aromatic rings. The van der Waals surface area contributed by atoms with Crippen LogP contribution < -0.4 is 10.1 Å². The van der Waals surface area contributed by atoms with Crippen molar-refractivity contribution in [3.63, 3.8) is 0 Å². The van der Waals surface area contributed by atoms with Gasteiger partial charge >= 0.3 is 12.4 Å². The Morgan fingerprint density at radius 1 is 1.03 bits per heavy atom. The molecule has 1 saturated carbocycles. The van der Waals surface area contributed by atoms with Gasteiger partial charge in [0.2, 0.25) is 11.5 Å². The first-order valence-electron chi connectivity index (χ1n) is 10.2. The lowest BCUT2D eigenvalue weighted by Gasteiger charge is -2.31. The molecule has 4 rings (SSSR count). The zero-order valence-corrected chi connectivity index (χ0v) is 18.8. The highest BCUT2D eigenvalue weighted by Gasteiger charge is 2.61. The second-order valence-corrected chi connectivity index (χ2v) is 9.15. The monoisotopic (exact) mass is 523 g/mol. The standard InChI is InChI=1S/C23H17Cl2F6NO2/c24-15-7-14(8-16(25)9-15)21(23(29,30)31)11-13-6-12(4-5-19(13)34-21)18(22(26,27)28)10-20(33)32-17-2-1-3-17/h4-10,17H,1-3,11H2,(H,32,33)/b18-10-. The van der Waals surface area contributed by atoms with Gasteiger partial charge in [-0.15, -0.1) is 0 Å². The van der Waals surface area contributed by atoms with E-state index in [0.717, 1.165) is 36.8 Å². The summed E-state index contributed by atoms with van der Waals surface area (Å²) in [6.07, 6.45) is -7.96. The molecule has 0 spiro atoms. The number of carbonyl (C=O) groups excluding carboxylic acids is 1. The zero-order valence-electron chi connectivity index (χ0n) is 17.3. The molecule has 182 valence electrons. The van der Waals surface area contributed by atoms with Crippen LogP contribution in [0, 0.1) is 0 Å². The van der Waals surface area contributed by atoms with Crippen LogP contribution in [0.4, 0.5) is 26.3 Å². The van der Waals surface area contributed by atoms with E-state index < -0.39 is 41.4 Å². The maximum atomic E-state index is 14.3. The lowest BCUT2D eigenvalue weighted by atomic mass is 9.87. The minimum atomic E-state index is -4.94. The van der Waals surface area contributed by atoms with Gasteiger partial charge in [-0.1, -0.05) is 29.3 Å².